The smallest absolute Gasteiger partial charge is 0.141 e. The normalized spacial score (nSPS) is 14.7. The molecule has 15 heavy (non-hydrogen) atoms. The van der Waals surface area contributed by atoms with E-state index in [2.05, 4.69) is 4.98 Å². The van der Waals surface area contributed by atoms with Crippen molar-refractivity contribution in [3.8, 4) is 0 Å². The molecule has 1 N–H and O–H groups in total. The summed E-state index contributed by atoms with van der Waals surface area (Å²) in [5.41, 5.74) is 1.65. The molecule has 1 aliphatic rings. The van der Waals surface area contributed by atoms with E-state index in [0.717, 1.165) is 5.57 Å². The van der Waals surface area contributed by atoms with Gasteiger partial charge in [0.15, 0.2) is 0 Å². The lowest BCUT2D eigenvalue weighted by molar-refractivity contribution is 0.508. The first-order valence-corrected chi connectivity index (χ1v) is 4.73. The first-order chi connectivity index (χ1) is 7.36. The molecule has 2 heteroatoms. The van der Waals surface area contributed by atoms with E-state index in [1.54, 1.807) is 18.3 Å². The van der Waals surface area contributed by atoms with E-state index in [1.165, 1.54) is 0 Å². The molecule has 0 amide bonds. The van der Waals surface area contributed by atoms with Crippen LogP contribution in [0.25, 0.3) is 5.76 Å². The van der Waals surface area contributed by atoms with E-state index in [1.807, 2.05) is 42.5 Å². The molecule has 1 heterocycles. The zero-order chi connectivity index (χ0) is 10.5. The summed E-state index contributed by atoms with van der Waals surface area (Å²) in [7, 11) is 0. The number of pyridine rings is 1. The number of nitrogens with zero attached hydrogens (tertiary/aromatic N) is 1. The van der Waals surface area contributed by atoms with Crippen molar-refractivity contribution >= 4 is 5.76 Å². The van der Waals surface area contributed by atoms with Crippen molar-refractivity contribution in [1.29, 1.82) is 0 Å². The van der Waals surface area contributed by atoms with Crippen LogP contribution in [0.3, 0.4) is 0 Å². The monoisotopic (exact) mass is 197 g/mol. The summed E-state index contributed by atoms with van der Waals surface area (Å²) in [6, 6.07) is 5.43. The summed E-state index contributed by atoms with van der Waals surface area (Å²) in [6.07, 6.45) is 13.0. The number of aromatic nitrogens is 1. The highest BCUT2D eigenvalue weighted by atomic mass is 16.3. The Bertz CT molecular complexity index is 439. The van der Waals surface area contributed by atoms with Gasteiger partial charge in [-0.25, -0.2) is 0 Å². The van der Waals surface area contributed by atoms with Crippen molar-refractivity contribution in [2.75, 3.05) is 0 Å². The molecule has 0 saturated carbocycles. The Morgan fingerprint density at radius 2 is 2.00 bits per heavy atom. The summed E-state index contributed by atoms with van der Waals surface area (Å²) >= 11 is 0. The third-order valence-corrected chi connectivity index (χ3v) is 2.05. The van der Waals surface area contributed by atoms with Gasteiger partial charge >= 0.3 is 0 Å². The Balaban J connectivity index is 2.18. The number of allylic oxidation sites excluding steroid dienone is 7. The SMILES string of the molecule is O/C(=C\C=C1C=CC=C1)c1ccccn1. The van der Waals surface area contributed by atoms with E-state index >= 15 is 0 Å². The maximum atomic E-state index is 9.69. The Morgan fingerprint density at radius 3 is 2.67 bits per heavy atom. The first kappa shape index (κ1) is 9.46. The van der Waals surface area contributed by atoms with Gasteiger partial charge in [-0.2, -0.15) is 0 Å². The molecular weight excluding hydrogens is 186 g/mol. The predicted molar refractivity (Wildman–Crippen MR) is 61.2 cm³/mol. The van der Waals surface area contributed by atoms with Crippen LogP contribution in [0, 0.1) is 0 Å². The molecule has 1 aromatic heterocycles. The number of aliphatic hydroxyl groups excluding tert-OH is 1. The van der Waals surface area contributed by atoms with Gasteiger partial charge in [0.1, 0.15) is 11.5 Å². The minimum atomic E-state index is 0.178. The molecule has 0 saturated heterocycles. The minimum Gasteiger partial charge on any atom is -0.506 e. The molecule has 1 aliphatic carbocycles. The van der Waals surface area contributed by atoms with Crippen molar-refractivity contribution < 1.29 is 5.11 Å². The van der Waals surface area contributed by atoms with Crippen molar-refractivity contribution in [3.63, 3.8) is 0 Å². The zero-order valence-corrected chi connectivity index (χ0v) is 8.17. The number of aliphatic hydroxyl groups is 1. The van der Waals surface area contributed by atoms with Gasteiger partial charge in [0.2, 0.25) is 0 Å². The lowest BCUT2D eigenvalue weighted by atomic mass is 10.2. The third kappa shape index (κ3) is 2.44. The predicted octanol–water partition coefficient (Wildman–Crippen LogP) is 3.03. The maximum absolute atomic E-state index is 9.69. The third-order valence-electron chi connectivity index (χ3n) is 2.05. The topological polar surface area (TPSA) is 33.1 Å². The molecule has 74 valence electrons. The summed E-state index contributed by atoms with van der Waals surface area (Å²) < 4.78 is 0. The minimum absolute atomic E-state index is 0.178. The molecule has 0 atom stereocenters. The van der Waals surface area contributed by atoms with Crippen LogP contribution in [0.2, 0.25) is 0 Å². The Kier molecular flexibility index (Phi) is 2.79. The second kappa shape index (κ2) is 4.42. The van der Waals surface area contributed by atoms with Crippen LogP contribution in [-0.4, -0.2) is 10.1 Å². The second-order valence-corrected chi connectivity index (χ2v) is 3.15. The Labute approximate surface area is 88.6 Å². The molecule has 0 fully saturated rings. The summed E-state index contributed by atoms with van der Waals surface area (Å²) in [5.74, 6) is 0.178. The van der Waals surface area contributed by atoms with E-state index < -0.39 is 0 Å². The lowest BCUT2D eigenvalue weighted by Gasteiger charge is -1.96. The molecule has 0 unspecified atom stereocenters. The standard InChI is InChI=1S/C13H11NO/c15-13(12-7-3-4-10-14-12)9-8-11-5-1-2-6-11/h1-10,15H/b13-9-. The average molecular weight is 197 g/mol. The fraction of sp³-hybridized carbons (Fsp3) is 0. The second-order valence-electron chi connectivity index (χ2n) is 3.15. The van der Waals surface area contributed by atoms with Crippen LogP contribution >= 0.6 is 0 Å². The Hall–Kier alpha value is -2.09. The fourth-order valence-corrected chi connectivity index (χ4v) is 1.27. The van der Waals surface area contributed by atoms with E-state index in [-0.39, 0.29) is 5.76 Å². The summed E-state index contributed by atoms with van der Waals surface area (Å²) in [4.78, 5) is 4.04. The van der Waals surface area contributed by atoms with Gasteiger partial charge in [0.05, 0.1) is 0 Å². The molecule has 2 nitrogen and oxygen atoms in total. The van der Waals surface area contributed by atoms with Crippen molar-refractivity contribution in [3.05, 3.63) is 72.1 Å². The Morgan fingerprint density at radius 1 is 1.20 bits per heavy atom. The molecule has 0 bridgehead atoms. The van der Waals surface area contributed by atoms with Gasteiger partial charge in [-0.15, -0.1) is 0 Å². The quantitative estimate of drug-likeness (QED) is 0.739. The van der Waals surface area contributed by atoms with Crippen LogP contribution in [0.4, 0.5) is 0 Å². The van der Waals surface area contributed by atoms with Gasteiger partial charge in [-0.05, 0) is 23.8 Å². The van der Waals surface area contributed by atoms with Gasteiger partial charge in [-0.3, -0.25) is 4.98 Å². The van der Waals surface area contributed by atoms with Crippen LogP contribution < -0.4 is 0 Å². The highest BCUT2D eigenvalue weighted by molar-refractivity contribution is 5.57. The molecule has 0 spiro atoms. The molecular formula is C13H11NO. The van der Waals surface area contributed by atoms with Crippen LogP contribution in [0.5, 0.6) is 0 Å². The van der Waals surface area contributed by atoms with E-state index in [9.17, 15) is 5.11 Å². The van der Waals surface area contributed by atoms with E-state index in [0.29, 0.717) is 5.69 Å². The summed E-state index contributed by atoms with van der Waals surface area (Å²) in [6.45, 7) is 0. The highest BCUT2D eigenvalue weighted by Gasteiger charge is 1.97. The average Bonchev–Trinajstić information content (AvgIpc) is 2.80. The van der Waals surface area contributed by atoms with Crippen molar-refractivity contribution in [1.82, 2.24) is 4.98 Å². The number of hydrogen-bond donors (Lipinski definition) is 1. The number of hydrogen-bond acceptors (Lipinski definition) is 2. The fourth-order valence-electron chi connectivity index (χ4n) is 1.27. The maximum Gasteiger partial charge on any atom is 0.141 e. The van der Waals surface area contributed by atoms with Gasteiger partial charge in [-0.1, -0.05) is 36.4 Å². The lowest BCUT2D eigenvalue weighted by Crippen LogP contribution is -1.85. The largest absolute Gasteiger partial charge is 0.506 e. The van der Waals surface area contributed by atoms with Crippen molar-refractivity contribution in [2.45, 2.75) is 0 Å². The van der Waals surface area contributed by atoms with Crippen molar-refractivity contribution in [2.24, 2.45) is 0 Å². The van der Waals surface area contributed by atoms with Crippen LogP contribution in [0.15, 0.2) is 66.4 Å². The molecule has 0 radical (unpaired) electrons. The number of rotatable bonds is 2. The van der Waals surface area contributed by atoms with Gasteiger partial charge in [0.25, 0.3) is 0 Å². The molecule has 0 aliphatic heterocycles. The summed E-state index contributed by atoms with van der Waals surface area (Å²) in [5, 5.41) is 9.69. The van der Waals surface area contributed by atoms with Crippen LogP contribution in [0.1, 0.15) is 5.69 Å². The zero-order valence-electron chi connectivity index (χ0n) is 8.17. The first-order valence-electron chi connectivity index (χ1n) is 4.73. The van der Waals surface area contributed by atoms with Gasteiger partial charge < -0.3 is 5.11 Å². The molecule has 2 rings (SSSR count). The molecule has 1 aromatic rings. The van der Waals surface area contributed by atoms with Crippen LogP contribution in [-0.2, 0) is 0 Å². The van der Waals surface area contributed by atoms with E-state index in [4.69, 9.17) is 0 Å². The van der Waals surface area contributed by atoms with Gasteiger partial charge in [0, 0.05) is 6.20 Å². The molecule has 0 aromatic carbocycles. The highest BCUT2D eigenvalue weighted by Crippen LogP contribution is 2.11.